The average molecular weight is 485 g/mol. The van der Waals surface area contributed by atoms with Crippen LogP contribution in [0.25, 0.3) is 0 Å². The van der Waals surface area contributed by atoms with Crippen molar-refractivity contribution in [3.8, 4) is 0 Å². The van der Waals surface area contributed by atoms with E-state index in [9.17, 15) is 21.6 Å². The van der Waals surface area contributed by atoms with Crippen LogP contribution in [0.2, 0.25) is 0 Å². The van der Waals surface area contributed by atoms with Crippen molar-refractivity contribution in [2.75, 3.05) is 63.0 Å². The Morgan fingerprint density at radius 3 is 2.22 bits per heavy atom. The molecule has 2 fully saturated rings. The second kappa shape index (κ2) is 9.38. The predicted octanol–water partition coefficient (Wildman–Crippen LogP) is 0.718. The third-order valence-corrected chi connectivity index (χ3v) is 10.4. The molecule has 11 heteroatoms. The average Bonchev–Trinajstić information content (AvgIpc) is 3.23. The Labute approximate surface area is 191 Å². The molecule has 0 unspecified atom stereocenters. The third kappa shape index (κ3) is 4.72. The van der Waals surface area contributed by atoms with Crippen molar-refractivity contribution in [1.82, 2.24) is 13.5 Å². The van der Waals surface area contributed by atoms with Gasteiger partial charge in [-0.1, -0.05) is 6.42 Å². The molecule has 0 aliphatic carbocycles. The summed E-state index contributed by atoms with van der Waals surface area (Å²) >= 11 is 0. The Kier molecular flexibility index (Phi) is 6.92. The van der Waals surface area contributed by atoms with E-state index < -0.39 is 20.0 Å². The van der Waals surface area contributed by atoms with Gasteiger partial charge in [0.15, 0.2) is 0 Å². The number of carbonyl (C=O) groups is 1. The van der Waals surface area contributed by atoms with Crippen molar-refractivity contribution in [2.24, 2.45) is 0 Å². The zero-order chi connectivity index (χ0) is 22.9. The lowest BCUT2D eigenvalue weighted by atomic mass is 10.2. The molecule has 0 atom stereocenters. The van der Waals surface area contributed by atoms with Gasteiger partial charge in [0.25, 0.3) is 0 Å². The largest absolute Gasteiger partial charge is 0.311 e. The van der Waals surface area contributed by atoms with Gasteiger partial charge in [0.2, 0.25) is 26.0 Å². The van der Waals surface area contributed by atoms with E-state index in [1.165, 1.54) is 4.31 Å². The molecular formula is C21H32N4O5S2. The molecule has 178 valence electrons. The fourth-order valence-corrected chi connectivity index (χ4v) is 7.33. The van der Waals surface area contributed by atoms with Crippen molar-refractivity contribution < 1.29 is 21.6 Å². The highest BCUT2D eigenvalue weighted by Crippen LogP contribution is 2.32. The number of carbonyl (C=O) groups excluding carboxylic acids is 1. The molecule has 0 N–H and O–H groups in total. The minimum Gasteiger partial charge on any atom is -0.311 e. The summed E-state index contributed by atoms with van der Waals surface area (Å²) < 4.78 is 53.0. The molecule has 32 heavy (non-hydrogen) atoms. The molecular weight excluding hydrogens is 452 g/mol. The van der Waals surface area contributed by atoms with Gasteiger partial charge in [0.05, 0.1) is 17.2 Å². The monoisotopic (exact) mass is 484 g/mol. The summed E-state index contributed by atoms with van der Waals surface area (Å²) in [5, 5.41) is 0. The normalized spacial score (nSPS) is 21.6. The number of nitrogens with zero attached hydrogens (tertiary/aromatic N) is 4. The van der Waals surface area contributed by atoms with Gasteiger partial charge in [-0.15, -0.1) is 0 Å². The van der Waals surface area contributed by atoms with Crippen LogP contribution in [0.5, 0.6) is 0 Å². The maximum Gasteiger partial charge on any atom is 0.243 e. The predicted molar refractivity (Wildman–Crippen MR) is 123 cm³/mol. The molecule has 1 amide bonds. The number of benzene rings is 1. The Balaban J connectivity index is 1.40. The van der Waals surface area contributed by atoms with E-state index in [4.69, 9.17) is 0 Å². The summed E-state index contributed by atoms with van der Waals surface area (Å²) in [6, 6.07) is 5.09. The number of hydrogen-bond acceptors (Lipinski definition) is 6. The van der Waals surface area contributed by atoms with Crippen LogP contribution < -0.4 is 4.90 Å². The number of anilines is 1. The Morgan fingerprint density at radius 2 is 1.56 bits per heavy atom. The van der Waals surface area contributed by atoms with Crippen molar-refractivity contribution in [1.29, 1.82) is 0 Å². The third-order valence-electron chi connectivity index (χ3n) is 6.65. The number of piperazine rings is 1. The maximum atomic E-state index is 13.0. The molecule has 1 aromatic carbocycles. The first kappa shape index (κ1) is 23.6. The summed E-state index contributed by atoms with van der Waals surface area (Å²) in [4.78, 5) is 17.0. The van der Waals surface area contributed by atoms with E-state index in [2.05, 4.69) is 0 Å². The van der Waals surface area contributed by atoms with Gasteiger partial charge in [0, 0.05) is 51.5 Å². The smallest absolute Gasteiger partial charge is 0.243 e. The highest BCUT2D eigenvalue weighted by atomic mass is 32.2. The zero-order valence-electron chi connectivity index (χ0n) is 18.6. The van der Waals surface area contributed by atoms with Crippen LogP contribution in [0.3, 0.4) is 0 Å². The second-order valence-corrected chi connectivity index (χ2v) is 12.8. The quantitative estimate of drug-likeness (QED) is 0.590. The summed E-state index contributed by atoms with van der Waals surface area (Å²) in [6.45, 7) is 5.39. The lowest BCUT2D eigenvalue weighted by Crippen LogP contribution is -2.51. The summed E-state index contributed by atoms with van der Waals surface area (Å²) in [7, 11) is -6.69. The van der Waals surface area contributed by atoms with Crippen LogP contribution in [0.1, 0.15) is 31.7 Å². The number of piperidine rings is 1. The lowest BCUT2D eigenvalue weighted by molar-refractivity contribution is -0.119. The molecule has 0 radical (unpaired) electrons. The topological polar surface area (TPSA) is 98.3 Å². The Morgan fingerprint density at radius 1 is 0.875 bits per heavy atom. The molecule has 0 spiro atoms. The number of rotatable bonds is 6. The van der Waals surface area contributed by atoms with E-state index in [1.807, 2.05) is 4.90 Å². The van der Waals surface area contributed by atoms with Crippen LogP contribution in [-0.2, 0) is 31.3 Å². The minimum absolute atomic E-state index is 0.0396. The van der Waals surface area contributed by atoms with Crippen molar-refractivity contribution in [3.63, 3.8) is 0 Å². The van der Waals surface area contributed by atoms with Gasteiger partial charge in [0.1, 0.15) is 0 Å². The molecule has 9 nitrogen and oxygen atoms in total. The van der Waals surface area contributed by atoms with Gasteiger partial charge in [-0.05, 0) is 49.9 Å². The zero-order valence-corrected chi connectivity index (χ0v) is 20.2. The fourth-order valence-electron chi connectivity index (χ4n) is 4.68. The van der Waals surface area contributed by atoms with E-state index in [0.717, 1.165) is 30.5 Å². The maximum absolute atomic E-state index is 13.0. The highest BCUT2D eigenvalue weighted by Gasteiger charge is 2.32. The molecule has 1 aromatic rings. The standard InChI is InChI=1S/C21H32N4O5S2/c1-2-31(27,28)23-14-12-22(13-15-23)17-21(26)25-11-8-18-16-19(6-7-20(18)25)32(29,30)24-9-4-3-5-10-24/h6-7,16H,2-5,8-15,17H2,1H3. The van der Waals surface area contributed by atoms with Crippen molar-refractivity contribution in [2.45, 2.75) is 37.5 Å². The van der Waals surface area contributed by atoms with Gasteiger partial charge in [-0.3, -0.25) is 9.69 Å². The van der Waals surface area contributed by atoms with Crippen LogP contribution in [0.15, 0.2) is 23.1 Å². The molecule has 0 bridgehead atoms. The van der Waals surface area contributed by atoms with Crippen LogP contribution in [-0.4, -0.2) is 94.4 Å². The van der Waals surface area contributed by atoms with Gasteiger partial charge < -0.3 is 4.90 Å². The molecule has 3 aliphatic heterocycles. The number of fused-ring (bicyclic) bond motifs is 1. The molecule has 2 saturated heterocycles. The Bertz CT molecular complexity index is 1060. The van der Waals surface area contributed by atoms with Crippen LogP contribution in [0, 0.1) is 0 Å². The first-order valence-electron chi connectivity index (χ1n) is 11.4. The van der Waals surface area contributed by atoms with E-state index in [1.54, 1.807) is 34.3 Å². The molecule has 3 heterocycles. The summed E-state index contributed by atoms with van der Waals surface area (Å²) in [6.07, 6.45) is 3.49. The van der Waals surface area contributed by atoms with Crippen LogP contribution in [0.4, 0.5) is 5.69 Å². The van der Waals surface area contributed by atoms with Crippen molar-refractivity contribution >= 4 is 31.6 Å². The number of sulfonamides is 2. The molecule has 0 aromatic heterocycles. The first-order valence-corrected chi connectivity index (χ1v) is 14.4. The van der Waals surface area contributed by atoms with E-state index in [0.29, 0.717) is 57.1 Å². The summed E-state index contributed by atoms with van der Waals surface area (Å²) in [5.74, 6) is 0.0496. The highest BCUT2D eigenvalue weighted by molar-refractivity contribution is 7.89. The van der Waals surface area contributed by atoms with Gasteiger partial charge >= 0.3 is 0 Å². The molecule has 4 rings (SSSR count). The van der Waals surface area contributed by atoms with Gasteiger partial charge in [-0.25, -0.2) is 16.8 Å². The number of hydrogen-bond donors (Lipinski definition) is 0. The number of amides is 1. The fraction of sp³-hybridized carbons (Fsp3) is 0.667. The van der Waals surface area contributed by atoms with E-state index in [-0.39, 0.29) is 18.2 Å². The second-order valence-electron chi connectivity index (χ2n) is 8.63. The van der Waals surface area contributed by atoms with Gasteiger partial charge in [-0.2, -0.15) is 8.61 Å². The minimum atomic E-state index is -3.50. The first-order chi connectivity index (χ1) is 15.2. The summed E-state index contributed by atoms with van der Waals surface area (Å²) in [5.41, 5.74) is 1.66. The SMILES string of the molecule is CCS(=O)(=O)N1CCN(CC(=O)N2CCc3cc(S(=O)(=O)N4CCCCC4)ccc32)CC1. The molecule has 0 saturated carbocycles. The van der Waals surface area contributed by atoms with E-state index >= 15 is 0 Å². The Hall–Kier alpha value is -1.53. The molecule has 3 aliphatic rings. The lowest BCUT2D eigenvalue weighted by Gasteiger charge is -2.34. The van der Waals surface area contributed by atoms with Crippen molar-refractivity contribution in [3.05, 3.63) is 23.8 Å². The van der Waals surface area contributed by atoms with Crippen LogP contribution >= 0.6 is 0 Å².